The quantitative estimate of drug-likeness (QED) is 0.834. The molecule has 5 heteroatoms. The van der Waals surface area contributed by atoms with Crippen molar-refractivity contribution in [1.29, 1.82) is 0 Å². The Kier molecular flexibility index (Phi) is 3.97. The van der Waals surface area contributed by atoms with Gasteiger partial charge in [-0.2, -0.15) is 0 Å². The third kappa shape index (κ3) is 3.50. The van der Waals surface area contributed by atoms with Gasteiger partial charge in [-0.3, -0.25) is 4.79 Å². The van der Waals surface area contributed by atoms with Crippen LogP contribution in [0.4, 0.5) is 0 Å². The Bertz CT molecular complexity index is 535. The maximum atomic E-state index is 11.9. The molecule has 0 unspecified atom stereocenters. The Morgan fingerprint density at radius 1 is 1.40 bits per heavy atom. The van der Waals surface area contributed by atoms with E-state index in [9.17, 15) is 9.59 Å². The second kappa shape index (κ2) is 5.53. The normalized spacial score (nSPS) is 15.5. The van der Waals surface area contributed by atoms with Crippen LogP contribution in [0.15, 0.2) is 18.2 Å². The number of carbonyl (C=O) groups excluding carboxylic acids is 1. The van der Waals surface area contributed by atoms with Gasteiger partial charge in [-0.05, 0) is 44.4 Å². The fraction of sp³-hybridized carbons (Fsp3) is 0.467. The van der Waals surface area contributed by atoms with E-state index in [0.717, 1.165) is 18.4 Å². The minimum atomic E-state index is -1.03. The van der Waals surface area contributed by atoms with Gasteiger partial charge in [-0.15, -0.1) is 0 Å². The molecule has 1 amide bonds. The molecule has 0 bridgehead atoms. The lowest BCUT2D eigenvalue weighted by molar-refractivity contribution is -0.121. The minimum absolute atomic E-state index is 0.0408. The lowest BCUT2D eigenvalue weighted by Gasteiger charge is -2.13. The van der Waals surface area contributed by atoms with Crippen molar-refractivity contribution in [2.75, 3.05) is 6.61 Å². The molecule has 108 valence electrons. The number of ether oxygens (including phenoxy) is 1. The van der Waals surface area contributed by atoms with Crippen LogP contribution >= 0.6 is 0 Å². The van der Waals surface area contributed by atoms with Crippen LogP contribution in [0.5, 0.6) is 5.75 Å². The molecule has 0 spiro atoms. The molecule has 2 rings (SSSR count). The number of carboxylic acid groups (broad SMARTS) is 1. The number of rotatable bonds is 6. The molecule has 0 aromatic heterocycles. The molecule has 1 saturated carbocycles. The van der Waals surface area contributed by atoms with Crippen molar-refractivity contribution in [1.82, 2.24) is 5.32 Å². The van der Waals surface area contributed by atoms with Gasteiger partial charge in [0.2, 0.25) is 5.91 Å². The molecular weight excluding hydrogens is 258 g/mol. The van der Waals surface area contributed by atoms with E-state index < -0.39 is 5.97 Å². The number of carboxylic acids is 1. The largest absolute Gasteiger partial charge is 0.493 e. The van der Waals surface area contributed by atoms with Crippen LogP contribution in [0.25, 0.3) is 0 Å². The van der Waals surface area contributed by atoms with E-state index in [1.165, 1.54) is 6.07 Å². The maximum absolute atomic E-state index is 11.9. The first-order valence-corrected chi connectivity index (χ1v) is 6.73. The third-order valence-corrected chi connectivity index (χ3v) is 3.38. The molecule has 0 aliphatic heterocycles. The van der Waals surface area contributed by atoms with Crippen molar-refractivity contribution in [3.8, 4) is 5.75 Å². The van der Waals surface area contributed by atoms with Crippen molar-refractivity contribution < 1.29 is 19.4 Å². The van der Waals surface area contributed by atoms with Crippen LogP contribution < -0.4 is 10.1 Å². The number of nitrogens with one attached hydrogen (secondary N) is 1. The van der Waals surface area contributed by atoms with Crippen molar-refractivity contribution in [3.63, 3.8) is 0 Å². The van der Waals surface area contributed by atoms with Crippen molar-refractivity contribution in [2.24, 2.45) is 0 Å². The van der Waals surface area contributed by atoms with Crippen LogP contribution in [0.2, 0.25) is 0 Å². The summed E-state index contributed by atoms with van der Waals surface area (Å²) in [4.78, 5) is 23.0. The average molecular weight is 277 g/mol. The first kappa shape index (κ1) is 14.4. The number of carbonyl (C=O) groups is 2. The first-order chi connectivity index (χ1) is 9.43. The molecule has 2 N–H and O–H groups in total. The summed E-state index contributed by atoms with van der Waals surface area (Å²) in [6.07, 6.45) is 2.26. The fourth-order valence-electron chi connectivity index (χ4n) is 2.01. The number of hydrogen-bond donors (Lipinski definition) is 2. The SMILES string of the molecule is CCOc1cc(CC(=O)NC2(C)CC2)ccc1C(=O)O. The highest BCUT2D eigenvalue weighted by molar-refractivity contribution is 5.91. The van der Waals surface area contributed by atoms with Crippen LogP contribution in [0.3, 0.4) is 0 Å². The molecule has 0 atom stereocenters. The van der Waals surface area contributed by atoms with E-state index in [0.29, 0.717) is 12.4 Å². The summed E-state index contributed by atoms with van der Waals surface area (Å²) in [6, 6.07) is 4.76. The molecule has 1 aliphatic carbocycles. The van der Waals surface area contributed by atoms with Gasteiger partial charge in [0.15, 0.2) is 0 Å². The summed E-state index contributed by atoms with van der Waals surface area (Å²) >= 11 is 0. The standard InChI is InChI=1S/C15H19NO4/c1-3-20-12-8-10(4-5-11(12)14(18)19)9-13(17)16-15(2)6-7-15/h4-5,8H,3,6-7,9H2,1-2H3,(H,16,17)(H,18,19). The van der Waals surface area contributed by atoms with Crippen molar-refractivity contribution >= 4 is 11.9 Å². The molecule has 0 heterocycles. The maximum Gasteiger partial charge on any atom is 0.339 e. The van der Waals surface area contributed by atoms with Crippen LogP contribution in [-0.2, 0) is 11.2 Å². The van der Waals surface area contributed by atoms with Crippen LogP contribution in [0.1, 0.15) is 42.6 Å². The van der Waals surface area contributed by atoms with Gasteiger partial charge >= 0.3 is 5.97 Å². The second-order valence-electron chi connectivity index (χ2n) is 5.35. The van der Waals surface area contributed by atoms with E-state index in [2.05, 4.69) is 5.32 Å². The summed E-state index contributed by atoms with van der Waals surface area (Å²) < 4.78 is 5.32. The van der Waals surface area contributed by atoms with E-state index in [1.807, 2.05) is 6.92 Å². The van der Waals surface area contributed by atoms with E-state index in [-0.39, 0.29) is 23.4 Å². The zero-order valence-corrected chi connectivity index (χ0v) is 11.7. The van der Waals surface area contributed by atoms with Crippen molar-refractivity contribution in [3.05, 3.63) is 29.3 Å². The first-order valence-electron chi connectivity index (χ1n) is 6.73. The molecule has 5 nitrogen and oxygen atoms in total. The summed E-state index contributed by atoms with van der Waals surface area (Å²) in [6.45, 7) is 4.19. The minimum Gasteiger partial charge on any atom is -0.493 e. The average Bonchev–Trinajstić information content (AvgIpc) is 3.06. The summed E-state index contributed by atoms with van der Waals surface area (Å²) in [5, 5.41) is 12.0. The fourth-order valence-corrected chi connectivity index (χ4v) is 2.01. The van der Waals surface area contributed by atoms with E-state index in [4.69, 9.17) is 9.84 Å². The second-order valence-corrected chi connectivity index (χ2v) is 5.35. The van der Waals surface area contributed by atoms with Gasteiger partial charge in [0.25, 0.3) is 0 Å². The molecular formula is C15H19NO4. The number of amides is 1. The summed E-state index contributed by atoms with van der Waals surface area (Å²) in [7, 11) is 0. The van der Waals surface area contributed by atoms with E-state index >= 15 is 0 Å². The van der Waals surface area contributed by atoms with Gasteiger partial charge in [-0.25, -0.2) is 4.79 Å². The van der Waals surface area contributed by atoms with Gasteiger partial charge in [0.05, 0.1) is 13.0 Å². The van der Waals surface area contributed by atoms with Crippen molar-refractivity contribution in [2.45, 2.75) is 38.6 Å². The monoisotopic (exact) mass is 277 g/mol. The highest BCUT2D eigenvalue weighted by Gasteiger charge is 2.38. The summed E-state index contributed by atoms with van der Waals surface area (Å²) in [5.74, 6) is -0.770. The van der Waals surface area contributed by atoms with Gasteiger partial charge in [-0.1, -0.05) is 6.07 Å². The summed E-state index contributed by atoms with van der Waals surface area (Å²) in [5.41, 5.74) is 0.825. The number of aromatic carboxylic acids is 1. The van der Waals surface area contributed by atoms with Gasteiger partial charge in [0.1, 0.15) is 11.3 Å². The molecule has 0 radical (unpaired) electrons. The topological polar surface area (TPSA) is 75.6 Å². The third-order valence-electron chi connectivity index (χ3n) is 3.38. The number of hydrogen-bond acceptors (Lipinski definition) is 3. The Morgan fingerprint density at radius 3 is 2.65 bits per heavy atom. The Labute approximate surface area is 117 Å². The van der Waals surface area contributed by atoms with Gasteiger partial charge in [0, 0.05) is 5.54 Å². The smallest absolute Gasteiger partial charge is 0.339 e. The Morgan fingerprint density at radius 2 is 2.10 bits per heavy atom. The van der Waals surface area contributed by atoms with E-state index in [1.54, 1.807) is 19.1 Å². The molecule has 20 heavy (non-hydrogen) atoms. The Hall–Kier alpha value is -2.04. The van der Waals surface area contributed by atoms with Gasteiger partial charge < -0.3 is 15.2 Å². The lowest BCUT2D eigenvalue weighted by atomic mass is 10.1. The highest BCUT2D eigenvalue weighted by Crippen LogP contribution is 2.34. The predicted molar refractivity (Wildman–Crippen MR) is 74.1 cm³/mol. The molecule has 0 saturated heterocycles. The Balaban J connectivity index is 2.09. The van der Waals surface area contributed by atoms with Crippen LogP contribution in [-0.4, -0.2) is 29.1 Å². The highest BCUT2D eigenvalue weighted by atomic mass is 16.5. The molecule has 1 aromatic carbocycles. The predicted octanol–water partition coefficient (Wildman–Crippen LogP) is 1.99. The van der Waals surface area contributed by atoms with Crippen LogP contribution in [0, 0.1) is 0 Å². The molecule has 1 fully saturated rings. The molecule has 1 aromatic rings. The zero-order valence-electron chi connectivity index (χ0n) is 11.7. The number of benzene rings is 1. The molecule has 1 aliphatic rings. The lowest BCUT2D eigenvalue weighted by Crippen LogP contribution is -2.35. The zero-order chi connectivity index (χ0) is 14.8.